The van der Waals surface area contributed by atoms with Gasteiger partial charge in [0.05, 0.1) is 19.8 Å². The largest absolute Gasteiger partial charge is 0.497 e. The van der Waals surface area contributed by atoms with Crippen molar-refractivity contribution in [3.8, 4) is 11.5 Å². The van der Waals surface area contributed by atoms with E-state index in [1.807, 2.05) is 24.3 Å². The number of halogens is 1. The Morgan fingerprint density at radius 2 is 1.92 bits per heavy atom. The van der Waals surface area contributed by atoms with Gasteiger partial charge in [0.1, 0.15) is 11.5 Å². The second-order valence-electron chi connectivity index (χ2n) is 4.92. The van der Waals surface area contributed by atoms with Gasteiger partial charge in [-0.25, -0.2) is 9.79 Å². The Bertz CT molecular complexity index is 858. The molecule has 0 saturated heterocycles. The molecule has 0 N–H and O–H groups in total. The molecule has 0 saturated carbocycles. The molecule has 0 bridgehead atoms. The number of hydrogen-bond acceptors (Lipinski definition) is 5. The van der Waals surface area contributed by atoms with Crippen LogP contribution in [0, 0.1) is 3.57 Å². The topological polar surface area (TPSA) is 57.1 Å². The molecule has 0 spiro atoms. The van der Waals surface area contributed by atoms with Crippen LogP contribution in [0.15, 0.2) is 53.2 Å². The predicted octanol–water partition coefficient (Wildman–Crippen LogP) is 3.65. The lowest BCUT2D eigenvalue weighted by atomic mass is 10.1. The molecule has 0 aromatic heterocycles. The summed E-state index contributed by atoms with van der Waals surface area (Å²) >= 11 is 2.18. The van der Waals surface area contributed by atoms with Crippen LogP contribution in [0.1, 0.15) is 11.1 Å². The SMILES string of the molecule is COc1ccc(/C=C2/N=C(c3ccccc3I)OC2=O)c(OC)c1. The minimum absolute atomic E-state index is 0.230. The Balaban J connectivity index is 1.99. The van der Waals surface area contributed by atoms with Crippen LogP contribution in [0.3, 0.4) is 0 Å². The number of benzene rings is 2. The second kappa shape index (κ2) is 7.04. The quantitative estimate of drug-likeness (QED) is 0.418. The Labute approximate surface area is 153 Å². The molecule has 122 valence electrons. The first-order chi connectivity index (χ1) is 11.6. The molecule has 0 fully saturated rings. The number of esters is 1. The van der Waals surface area contributed by atoms with Crippen molar-refractivity contribution in [2.45, 2.75) is 0 Å². The molecule has 2 aromatic rings. The fourth-order valence-electron chi connectivity index (χ4n) is 2.24. The van der Waals surface area contributed by atoms with Gasteiger partial charge in [-0.3, -0.25) is 0 Å². The average molecular weight is 435 g/mol. The van der Waals surface area contributed by atoms with Gasteiger partial charge >= 0.3 is 5.97 Å². The number of ether oxygens (including phenoxy) is 3. The van der Waals surface area contributed by atoms with Gasteiger partial charge in [-0.2, -0.15) is 0 Å². The molecular formula is C18H14INO4. The minimum atomic E-state index is -0.484. The Morgan fingerprint density at radius 1 is 1.12 bits per heavy atom. The van der Waals surface area contributed by atoms with Gasteiger partial charge < -0.3 is 14.2 Å². The summed E-state index contributed by atoms with van der Waals surface area (Å²) in [6, 6.07) is 12.9. The first-order valence-electron chi connectivity index (χ1n) is 7.12. The van der Waals surface area contributed by atoms with Crippen molar-refractivity contribution in [2.75, 3.05) is 14.2 Å². The van der Waals surface area contributed by atoms with Crippen LogP contribution in [0.25, 0.3) is 6.08 Å². The lowest BCUT2D eigenvalue weighted by Crippen LogP contribution is -2.06. The summed E-state index contributed by atoms with van der Waals surface area (Å²) < 4.78 is 16.8. The fourth-order valence-corrected chi connectivity index (χ4v) is 2.86. The van der Waals surface area contributed by atoms with E-state index in [-0.39, 0.29) is 5.70 Å². The number of nitrogens with zero attached hydrogens (tertiary/aromatic N) is 1. The summed E-state index contributed by atoms with van der Waals surface area (Å²) in [5, 5.41) is 0. The van der Waals surface area contributed by atoms with E-state index in [1.165, 1.54) is 0 Å². The Hall–Kier alpha value is -2.35. The summed E-state index contributed by atoms with van der Waals surface area (Å²) in [6.45, 7) is 0. The molecule has 0 radical (unpaired) electrons. The number of aliphatic imine (C=N–C) groups is 1. The molecule has 24 heavy (non-hydrogen) atoms. The molecule has 1 aliphatic rings. The van der Waals surface area contributed by atoms with Crippen molar-refractivity contribution in [3.63, 3.8) is 0 Å². The third-order valence-corrected chi connectivity index (χ3v) is 4.40. The highest BCUT2D eigenvalue weighted by Crippen LogP contribution is 2.28. The number of carbonyl (C=O) groups excluding carboxylic acids is 1. The van der Waals surface area contributed by atoms with Crippen LogP contribution < -0.4 is 9.47 Å². The fraction of sp³-hybridized carbons (Fsp3) is 0.111. The van der Waals surface area contributed by atoms with Crippen molar-refractivity contribution in [1.82, 2.24) is 0 Å². The van der Waals surface area contributed by atoms with Gasteiger partial charge in [-0.05, 0) is 52.9 Å². The van der Waals surface area contributed by atoms with E-state index in [9.17, 15) is 4.79 Å². The highest BCUT2D eigenvalue weighted by molar-refractivity contribution is 14.1. The Kier molecular flexibility index (Phi) is 4.84. The minimum Gasteiger partial charge on any atom is -0.497 e. The molecule has 2 aromatic carbocycles. The zero-order valence-corrected chi connectivity index (χ0v) is 15.2. The maximum Gasteiger partial charge on any atom is 0.363 e. The molecule has 0 atom stereocenters. The molecule has 3 rings (SSSR count). The van der Waals surface area contributed by atoms with Crippen LogP contribution in [-0.4, -0.2) is 26.1 Å². The van der Waals surface area contributed by atoms with Crippen LogP contribution in [-0.2, 0) is 9.53 Å². The van der Waals surface area contributed by atoms with Crippen LogP contribution >= 0.6 is 22.6 Å². The van der Waals surface area contributed by atoms with E-state index in [0.29, 0.717) is 17.4 Å². The van der Waals surface area contributed by atoms with E-state index in [4.69, 9.17) is 14.2 Å². The molecule has 5 nitrogen and oxygen atoms in total. The van der Waals surface area contributed by atoms with Crippen molar-refractivity contribution >= 4 is 40.5 Å². The van der Waals surface area contributed by atoms with Crippen molar-refractivity contribution in [3.05, 3.63) is 62.9 Å². The smallest absolute Gasteiger partial charge is 0.363 e. The van der Waals surface area contributed by atoms with E-state index >= 15 is 0 Å². The average Bonchev–Trinajstić information content (AvgIpc) is 2.96. The van der Waals surface area contributed by atoms with Crippen molar-refractivity contribution < 1.29 is 19.0 Å². The highest BCUT2D eigenvalue weighted by Gasteiger charge is 2.25. The van der Waals surface area contributed by atoms with Crippen molar-refractivity contribution in [2.24, 2.45) is 4.99 Å². The van der Waals surface area contributed by atoms with Crippen LogP contribution in [0.5, 0.6) is 11.5 Å². The standard InChI is InChI=1S/C18H14INO4/c1-22-12-8-7-11(16(10-12)23-2)9-15-18(21)24-17(20-15)13-5-3-4-6-14(13)19/h3-10H,1-2H3/b15-9+. The third kappa shape index (κ3) is 3.28. The van der Waals surface area contributed by atoms with E-state index in [0.717, 1.165) is 14.7 Å². The maximum atomic E-state index is 12.1. The molecule has 0 amide bonds. The number of cyclic esters (lactones) is 1. The highest BCUT2D eigenvalue weighted by atomic mass is 127. The first kappa shape index (κ1) is 16.5. The van der Waals surface area contributed by atoms with Gasteiger partial charge in [0.15, 0.2) is 5.70 Å². The number of hydrogen-bond donors (Lipinski definition) is 0. The number of carbonyl (C=O) groups is 1. The summed E-state index contributed by atoms with van der Waals surface area (Å²) in [5.74, 6) is 1.09. The van der Waals surface area contributed by atoms with Crippen molar-refractivity contribution in [1.29, 1.82) is 0 Å². The van der Waals surface area contributed by atoms with Crippen LogP contribution in [0.2, 0.25) is 0 Å². The molecule has 1 heterocycles. The second-order valence-corrected chi connectivity index (χ2v) is 6.09. The zero-order chi connectivity index (χ0) is 17.1. The molecule has 6 heteroatoms. The summed E-state index contributed by atoms with van der Waals surface area (Å²) in [6.07, 6.45) is 1.64. The van der Waals surface area contributed by atoms with Gasteiger partial charge in [-0.1, -0.05) is 12.1 Å². The Morgan fingerprint density at radius 3 is 2.62 bits per heavy atom. The molecule has 0 aliphatic carbocycles. The first-order valence-corrected chi connectivity index (χ1v) is 8.19. The van der Waals surface area contributed by atoms with Gasteiger partial charge in [0.25, 0.3) is 0 Å². The van der Waals surface area contributed by atoms with Gasteiger partial charge in [-0.15, -0.1) is 0 Å². The lowest BCUT2D eigenvalue weighted by Gasteiger charge is -2.07. The number of rotatable bonds is 4. The van der Waals surface area contributed by atoms with Gasteiger partial charge in [0.2, 0.25) is 5.90 Å². The molecular weight excluding hydrogens is 421 g/mol. The predicted molar refractivity (Wildman–Crippen MR) is 99.3 cm³/mol. The zero-order valence-electron chi connectivity index (χ0n) is 13.1. The summed E-state index contributed by atoms with van der Waals surface area (Å²) in [5.41, 5.74) is 1.74. The summed E-state index contributed by atoms with van der Waals surface area (Å²) in [4.78, 5) is 16.5. The molecule has 0 unspecified atom stereocenters. The lowest BCUT2D eigenvalue weighted by molar-refractivity contribution is -0.129. The maximum absolute atomic E-state index is 12.1. The van der Waals surface area contributed by atoms with E-state index < -0.39 is 5.97 Å². The molecule has 1 aliphatic heterocycles. The monoisotopic (exact) mass is 435 g/mol. The summed E-state index contributed by atoms with van der Waals surface area (Å²) in [7, 11) is 3.14. The van der Waals surface area contributed by atoms with Crippen LogP contribution in [0.4, 0.5) is 0 Å². The van der Waals surface area contributed by atoms with E-state index in [1.54, 1.807) is 38.5 Å². The van der Waals surface area contributed by atoms with E-state index in [2.05, 4.69) is 27.6 Å². The third-order valence-electron chi connectivity index (χ3n) is 3.46. The normalized spacial score (nSPS) is 15.2. The van der Waals surface area contributed by atoms with Gasteiger partial charge in [0, 0.05) is 15.2 Å². The number of methoxy groups -OCH3 is 2.